The minimum absolute atomic E-state index is 0.00164. The number of carboxylic acids is 1. The van der Waals surface area contributed by atoms with Crippen molar-refractivity contribution in [2.75, 3.05) is 13.2 Å². The fraction of sp³-hybridized carbons (Fsp3) is 0.308. The number of carbonyl (C=O) groups excluding carboxylic acids is 2. The van der Waals surface area contributed by atoms with Crippen molar-refractivity contribution in [3.63, 3.8) is 0 Å². The Morgan fingerprint density at radius 3 is 2.37 bits per heavy atom. The summed E-state index contributed by atoms with van der Waals surface area (Å²) in [5, 5.41) is 14.4. The molecule has 4 rings (SSSR count). The number of benzene rings is 2. The molecule has 182 valence electrons. The second-order valence-electron chi connectivity index (χ2n) is 8.56. The van der Waals surface area contributed by atoms with Crippen LogP contribution in [0.1, 0.15) is 53.1 Å². The minimum atomic E-state index is -1.21. The van der Waals surface area contributed by atoms with Crippen LogP contribution in [0.3, 0.4) is 0 Å². The number of carboxylic acid groups (broad SMARTS) is 1. The maximum Gasteiger partial charge on any atom is 0.407 e. The summed E-state index contributed by atoms with van der Waals surface area (Å²) < 4.78 is 10.5. The number of aromatic carboxylic acids is 1. The lowest BCUT2D eigenvalue weighted by Crippen LogP contribution is -2.29. The first-order valence-corrected chi connectivity index (χ1v) is 11.4. The highest BCUT2D eigenvalue weighted by Gasteiger charge is 2.29. The molecule has 2 amide bonds. The van der Waals surface area contributed by atoms with Crippen LogP contribution < -0.4 is 10.6 Å². The molecule has 1 aromatic heterocycles. The summed E-state index contributed by atoms with van der Waals surface area (Å²) in [4.78, 5) is 39.0. The van der Waals surface area contributed by atoms with Crippen LogP contribution in [0.5, 0.6) is 0 Å². The molecule has 0 spiro atoms. The van der Waals surface area contributed by atoms with Gasteiger partial charge in [-0.15, -0.1) is 0 Å². The Morgan fingerprint density at radius 1 is 1.06 bits per heavy atom. The summed E-state index contributed by atoms with van der Waals surface area (Å²) in [7, 11) is 0. The molecule has 35 heavy (non-hydrogen) atoms. The molecule has 3 N–H and O–H groups in total. The van der Waals surface area contributed by atoms with E-state index < -0.39 is 12.1 Å². The van der Waals surface area contributed by atoms with Crippen LogP contribution in [0.4, 0.5) is 4.79 Å². The highest BCUT2D eigenvalue weighted by Crippen LogP contribution is 2.44. The topological polar surface area (TPSA) is 131 Å². The molecular weight excluding hydrogens is 450 g/mol. The third-order valence-corrected chi connectivity index (χ3v) is 6.07. The number of oxazole rings is 1. The fourth-order valence-corrected chi connectivity index (χ4v) is 4.31. The van der Waals surface area contributed by atoms with E-state index in [-0.39, 0.29) is 48.8 Å². The first-order valence-electron chi connectivity index (χ1n) is 11.4. The highest BCUT2D eigenvalue weighted by atomic mass is 16.5. The fourth-order valence-electron chi connectivity index (χ4n) is 4.31. The zero-order valence-corrected chi connectivity index (χ0v) is 19.3. The zero-order chi connectivity index (χ0) is 24.8. The third kappa shape index (κ3) is 5.68. The van der Waals surface area contributed by atoms with E-state index in [1.807, 2.05) is 31.2 Å². The number of hydrogen-bond acceptors (Lipinski definition) is 6. The number of rotatable bonds is 10. The molecule has 1 aliphatic rings. The molecule has 1 aliphatic carbocycles. The molecule has 2 aromatic carbocycles. The summed E-state index contributed by atoms with van der Waals surface area (Å²) in [5.74, 6) is -1.36. The number of fused-ring (bicyclic) bond motifs is 3. The Kier molecular flexibility index (Phi) is 7.45. The lowest BCUT2D eigenvalue weighted by molar-refractivity contribution is -0.122. The van der Waals surface area contributed by atoms with Gasteiger partial charge in [-0.2, -0.15) is 0 Å². The summed E-state index contributed by atoms with van der Waals surface area (Å²) >= 11 is 0. The molecule has 9 heteroatoms. The second-order valence-corrected chi connectivity index (χ2v) is 8.56. The Labute approximate surface area is 202 Å². The first-order chi connectivity index (χ1) is 16.9. The van der Waals surface area contributed by atoms with Crippen LogP contribution >= 0.6 is 0 Å². The van der Waals surface area contributed by atoms with Crippen LogP contribution in [0.2, 0.25) is 0 Å². The molecular formula is C26H27N3O6. The standard InChI is InChI=1S/C26H27N3O6/c1-16(12-23(30)28-13-22-24(25(31)32)29-15-35-22)10-11-27-26(33)34-14-21-19-8-4-2-6-17(19)18-7-3-5-9-20(18)21/h2-9,15-16,21H,10-14H2,1H3,(H,27,33)(H,28,30)(H,31,32). The summed E-state index contributed by atoms with van der Waals surface area (Å²) in [5.41, 5.74) is 4.44. The number of nitrogens with one attached hydrogen (secondary N) is 2. The molecule has 0 bridgehead atoms. The van der Waals surface area contributed by atoms with Crippen molar-refractivity contribution in [1.29, 1.82) is 0 Å². The van der Waals surface area contributed by atoms with Gasteiger partial charge in [-0.1, -0.05) is 55.5 Å². The third-order valence-electron chi connectivity index (χ3n) is 6.07. The van der Waals surface area contributed by atoms with Crippen molar-refractivity contribution in [2.24, 2.45) is 5.92 Å². The summed E-state index contributed by atoms with van der Waals surface area (Å²) in [6.45, 7) is 2.47. The van der Waals surface area contributed by atoms with E-state index in [1.165, 1.54) is 11.1 Å². The van der Waals surface area contributed by atoms with Gasteiger partial charge in [-0.25, -0.2) is 14.6 Å². The normalized spacial score (nSPS) is 12.9. The number of alkyl carbamates (subject to hydrolysis) is 1. The smallest absolute Gasteiger partial charge is 0.407 e. The SMILES string of the molecule is CC(CCNC(=O)OCC1c2ccccc2-c2ccccc21)CC(=O)NCc1ocnc1C(=O)O. The minimum Gasteiger partial charge on any atom is -0.476 e. The van der Waals surface area contributed by atoms with Crippen molar-refractivity contribution in [3.8, 4) is 11.1 Å². The molecule has 0 fully saturated rings. The zero-order valence-electron chi connectivity index (χ0n) is 19.3. The van der Waals surface area contributed by atoms with Gasteiger partial charge in [0.2, 0.25) is 5.91 Å². The van der Waals surface area contributed by atoms with E-state index in [2.05, 4.69) is 39.9 Å². The van der Waals surface area contributed by atoms with Gasteiger partial charge in [0, 0.05) is 18.9 Å². The quantitative estimate of drug-likeness (QED) is 0.403. The predicted molar refractivity (Wildman–Crippen MR) is 127 cm³/mol. The Balaban J connectivity index is 1.18. The molecule has 9 nitrogen and oxygen atoms in total. The van der Waals surface area contributed by atoms with Crippen LogP contribution in [0.15, 0.2) is 59.3 Å². The van der Waals surface area contributed by atoms with Crippen molar-refractivity contribution in [2.45, 2.75) is 32.2 Å². The van der Waals surface area contributed by atoms with Gasteiger partial charge >= 0.3 is 12.1 Å². The maximum absolute atomic E-state index is 12.3. The van der Waals surface area contributed by atoms with Crippen LogP contribution in [0.25, 0.3) is 11.1 Å². The highest BCUT2D eigenvalue weighted by molar-refractivity contribution is 5.86. The first kappa shape index (κ1) is 24.0. The monoisotopic (exact) mass is 477 g/mol. The Hall–Kier alpha value is -4.14. The number of carbonyl (C=O) groups is 3. The van der Waals surface area contributed by atoms with E-state index in [4.69, 9.17) is 14.3 Å². The summed E-state index contributed by atoms with van der Waals surface area (Å²) in [6, 6.07) is 16.3. The molecule has 1 heterocycles. The van der Waals surface area contributed by atoms with E-state index in [1.54, 1.807) is 0 Å². The van der Waals surface area contributed by atoms with Gasteiger partial charge in [0.1, 0.15) is 6.61 Å². The number of ether oxygens (including phenoxy) is 1. The van der Waals surface area contributed by atoms with Crippen molar-refractivity contribution in [1.82, 2.24) is 15.6 Å². The summed E-state index contributed by atoms with van der Waals surface area (Å²) in [6.07, 6.45) is 1.35. The molecule has 0 saturated heterocycles. The maximum atomic E-state index is 12.3. The lowest BCUT2D eigenvalue weighted by Gasteiger charge is -2.15. The van der Waals surface area contributed by atoms with Gasteiger partial charge in [0.15, 0.2) is 17.8 Å². The Bertz CT molecular complexity index is 1180. The van der Waals surface area contributed by atoms with E-state index in [0.717, 1.165) is 17.5 Å². The van der Waals surface area contributed by atoms with Crippen molar-refractivity contribution in [3.05, 3.63) is 77.5 Å². The molecule has 1 unspecified atom stereocenters. The van der Waals surface area contributed by atoms with Crippen LogP contribution in [-0.4, -0.2) is 41.2 Å². The Morgan fingerprint density at radius 2 is 1.71 bits per heavy atom. The van der Waals surface area contributed by atoms with Crippen molar-refractivity contribution < 1.29 is 28.6 Å². The van der Waals surface area contributed by atoms with E-state index >= 15 is 0 Å². The number of aromatic nitrogens is 1. The number of amides is 2. The van der Waals surface area contributed by atoms with Gasteiger partial charge in [0.05, 0.1) is 6.54 Å². The molecule has 0 aliphatic heterocycles. The van der Waals surface area contributed by atoms with E-state index in [0.29, 0.717) is 13.0 Å². The van der Waals surface area contributed by atoms with E-state index in [9.17, 15) is 14.4 Å². The largest absolute Gasteiger partial charge is 0.476 e. The van der Waals surface area contributed by atoms with Gasteiger partial charge < -0.3 is 24.9 Å². The van der Waals surface area contributed by atoms with Crippen molar-refractivity contribution >= 4 is 18.0 Å². The predicted octanol–water partition coefficient (Wildman–Crippen LogP) is 3.94. The molecule has 1 atom stereocenters. The van der Waals surface area contributed by atoms with Crippen LogP contribution in [-0.2, 0) is 16.1 Å². The number of nitrogens with zero attached hydrogens (tertiary/aromatic N) is 1. The lowest BCUT2D eigenvalue weighted by atomic mass is 9.98. The molecule has 3 aromatic rings. The van der Waals surface area contributed by atoms with Crippen LogP contribution in [0, 0.1) is 5.92 Å². The van der Waals surface area contributed by atoms with Gasteiger partial charge in [-0.3, -0.25) is 4.79 Å². The average molecular weight is 478 g/mol. The average Bonchev–Trinajstić information content (AvgIpc) is 3.44. The molecule has 0 saturated carbocycles. The molecule has 0 radical (unpaired) electrons. The van der Waals surface area contributed by atoms with Gasteiger partial charge in [-0.05, 0) is 34.6 Å². The number of hydrogen-bond donors (Lipinski definition) is 3. The second kappa shape index (κ2) is 10.9. The van der Waals surface area contributed by atoms with Gasteiger partial charge in [0.25, 0.3) is 0 Å².